The fourth-order valence-corrected chi connectivity index (χ4v) is 3.21. The van der Waals surface area contributed by atoms with E-state index >= 15 is 0 Å². The summed E-state index contributed by atoms with van der Waals surface area (Å²) in [7, 11) is 0. The van der Waals surface area contributed by atoms with Crippen molar-refractivity contribution in [3.05, 3.63) is 36.0 Å². The van der Waals surface area contributed by atoms with Crippen LogP contribution in [-0.4, -0.2) is 34.8 Å². The average molecular weight is 281 g/mol. The Labute approximate surface area is 124 Å². The van der Waals surface area contributed by atoms with Crippen molar-refractivity contribution in [3.8, 4) is 6.07 Å². The molecule has 0 spiro atoms. The number of nitrogens with one attached hydrogen (secondary N) is 1. The second-order valence-corrected chi connectivity index (χ2v) is 5.57. The normalized spacial score (nSPS) is 18.9. The Bertz CT molecular complexity index is 683. The Balaban J connectivity index is 1.79. The van der Waals surface area contributed by atoms with Crippen molar-refractivity contribution in [2.45, 2.75) is 31.7 Å². The maximum Gasteiger partial charge on any atom is 0.182 e. The minimum absolute atomic E-state index is 0.0251. The van der Waals surface area contributed by atoms with Crippen LogP contribution in [0.2, 0.25) is 0 Å². The van der Waals surface area contributed by atoms with Crippen LogP contribution < -0.4 is 0 Å². The highest BCUT2D eigenvalue weighted by atomic mass is 16.1. The molecule has 1 fully saturated rings. The van der Waals surface area contributed by atoms with Crippen molar-refractivity contribution < 1.29 is 4.79 Å². The number of hydrogen-bond acceptors (Lipinski definition) is 3. The number of benzene rings is 1. The van der Waals surface area contributed by atoms with Crippen molar-refractivity contribution in [2.75, 3.05) is 13.1 Å². The summed E-state index contributed by atoms with van der Waals surface area (Å²) in [5, 5.41) is 9.65. The van der Waals surface area contributed by atoms with Crippen molar-refractivity contribution >= 4 is 16.7 Å². The molecule has 108 valence electrons. The quantitative estimate of drug-likeness (QED) is 0.676. The van der Waals surface area contributed by atoms with Crippen molar-refractivity contribution in [3.63, 3.8) is 0 Å². The molecule has 2 aromatic rings. The van der Waals surface area contributed by atoms with Crippen LogP contribution in [0.1, 0.15) is 36.0 Å². The second-order valence-electron chi connectivity index (χ2n) is 5.57. The number of nitriles is 1. The molecule has 3 rings (SSSR count). The molecule has 4 heteroatoms. The summed E-state index contributed by atoms with van der Waals surface area (Å²) < 4.78 is 0. The summed E-state index contributed by atoms with van der Waals surface area (Å²) in [5.74, 6) is 0.210. The molecule has 1 aromatic heterocycles. The van der Waals surface area contributed by atoms with E-state index in [4.69, 9.17) is 5.26 Å². The van der Waals surface area contributed by atoms with Gasteiger partial charge in [-0.2, -0.15) is 5.26 Å². The van der Waals surface area contributed by atoms with E-state index in [2.05, 4.69) is 16.0 Å². The summed E-state index contributed by atoms with van der Waals surface area (Å²) in [4.78, 5) is 18.3. The Morgan fingerprint density at radius 2 is 2.29 bits per heavy atom. The highest BCUT2D eigenvalue weighted by Gasteiger charge is 2.31. The molecular weight excluding hydrogens is 262 g/mol. The molecule has 1 saturated heterocycles. The molecule has 1 atom stereocenters. The zero-order valence-electron chi connectivity index (χ0n) is 12.0. The molecule has 1 aliphatic rings. The van der Waals surface area contributed by atoms with Gasteiger partial charge in [0, 0.05) is 29.1 Å². The van der Waals surface area contributed by atoms with E-state index in [1.54, 1.807) is 0 Å². The number of likely N-dealkylation sites (tertiary alicyclic amines) is 1. The minimum Gasteiger partial charge on any atom is -0.360 e. The minimum atomic E-state index is -0.0251. The zero-order valence-corrected chi connectivity index (χ0v) is 12.0. The number of H-pyrrole nitrogens is 1. The van der Waals surface area contributed by atoms with Crippen LogP contribution in [-0.2, 0) is 0 Å². The summed E-state index contributed by atoms with van der Waals surface area (Å²) in [6.07, 6.45) is 5.22. The lowest BCUT2D eigenvalue weighted by Crippen LogP contribution is -2.36. The van der Waals surface area contributed by atoms with Gasteiger partial charge in [-0.05, 0) is 38.4 Å². The van der Waals surface area contributed by atoms with Crippen molar-refractivity contribution in [2.24, 2.45) is 0 Å². The van der Waals surface area contributed by atoms with E-state index in [1.807, 2.05) is 30.5 Å². The topological polar surface area (TPSA) is 59.9 Å². The van der Waals surface area contributed by atoms with Gasteiger partial charge < -0.3 is 4.98 Å². The van der Waals surface area contributed by atoms with Crippen molar-refractivity contribution in [1.29, 1.82) is 5.26 Å². The van der Waals surface area contributed by atoms with Gasteiger partial charge in [-0.15, -0.1) is 0 Å². The van der Waals surface area contributed by atoms with E-state index in [0.717, 1.165) is 48.8 Å². The largest absolute Gasteiger partial charge is 0.360 e. The van der Waals surface area contributed by atoms with Gasteiger partial charge in [0.05, 0.1) is 12.1 Å². The average Bonchev–Trinajstić information content (AvgIpc) is 3.13. The highest BCUT2D eigenvalue weighted by molar-refractivity contribution is 6.10. The Morgan fingerprint density at radius 3 is 3.14 bits per heavy atom. The molecular formula is C17H19N3O. The molecule has 1 N–H and O–H groups in total. The number of aromatic amines is 1. The van der Waals surface area contributed by atoms with E-state index in [1.165, 1.54) is 0 Å². The first-order valence-electron chi connectivity index (χ1n) is 7.52. The van der Waals surface area contributed by atoms with Crippen LogP contribution in [0.25, 0.3) is 10.9 Å². The first kappa shape index (κ1) is 13.8. The van der Waals surface area contributed by atoms with E-state index in [0.29, 0.717) is 6.42 Å². The SMILES string of the molecule is N#CCCCN1CCCC1C(=O)c1c[nH]c2ccccc12. The first-order chi connectivity index (χ1) is 10.3. The standard InChI is InChI=1S/C17H19N3O/c18-9-3-4-10-20-11-5-8-16(20)17(21)14-12-19-15-7-2-1-6-13(14)15/h1-2,6-7,12,16,19H,3-5,8,10-11H2. The Morgan fingerprint density at radius 1 is 1.43 bits per heavy atom. The van der Waals surface area contributed by atoms with Crippen LogP contribution >= 0.6 is 0 Å². The Hall–Kier alpha value is -2.12. The summed E-state index contributed by atoms with van der Waals surface area (Å²) in [6.45, 7) is 1.80. The highest BCUT2D eigenvalue weighted by Crippen LogP contribution is 2.25. The van der Waals surface area contributed by atoms with Crippen LogP contribution in [0, 0.1) is 11.3 Å². The lowest BCUT2D eigenvalue weighted by Gasteiger charge is -2.22. The number of ketones is 1. The predicted octanol–water partition coefficient (Wildman–Crippen LogP) is 3.12. The van der Waals surface area contributed by atoms with Gasteiger partial charge in [0.15, 0.2) is 5.78 Å². The first-order valence-corrected chi connectivity index (χ1v) is 7.52. The molecule has 0 aliphatic carbocycles. The van der Waals surface area contributed by atoms with Crippen LogP contribution in [0.15, 0.2) is 30.5 Å². The number of para-hydroxylation sites is 1. The van der Waals surface area contributed by atoms with Crippen LogP contribution in [0.5, 0.6) is 0 Å². The van der Waals surface area contributed by atoms with E-state index in [-0.39, 0.29) is 11.8 Å². The lowest BCUT2D eigenvalue weighted by molar-refractivity contribution is 0.0870. The maximum absolute atomic E-state index is 12.8. The monoisotopic (exact) mass is 281 g/mol. The van der Waals surface area contributed by atoms with Gasteiger partial charge in [0.25, 0.3) is 0 Å². The van der Waals surface area contributed by atoms with Crippen LogP contribution in [0.4, 0.5) is 0 Å². The maximum atomic E-state index is 12.8. The number of carbonyl (C=O) groups is 1. The van der Waals surface area contributed by atoms with Gasteiger partial charge in [-0.1, -0.05) is 18.2 Å². The molecule has 1 aliphatic heterocycles. The van der Waals surface area contributed by atoms with Crippen LogP contribution in [0.3, 0.4) is 0 Å². The molecule has 1 aromatic carbocycles. The number of fused-ring (bicyclic) bond motifs is 1. The van der Waals surface area contributed by atoms with E-state index < -0.39 is 0 Å². The van der Waals surface area contributed by atoms with Gasteiger partial charge in [0.2, 0.25) is 0 Å². The van der Waals surface area contributed by atoms with Gasteiger partial charge in [-0.25, -0.2) is 0 Å². The smallest absolute Gasteiger partial charge is 0.182 e. The fraction of sp³-hybridized carbons (Fsp3) is 0.412. The summed E-state index contributed by atoms with van der Waals surface area (Å²) in [6, 6.07) is 10.1. The summed E-state index contributed by atoms with van der Waals surface area (Å²) in [5.41, 5.74) is 1.80. The Kier molecular flexibility index (Phi) is 4.03. The molecule has 0 amide bonds. The second kappa shape index (κ2) is 6.11. The number of unbranched alkanes of at least 4 members (excludes halogenated alkanes) is 1. The number of rotatable bonds is 5. The number of hydrogen-bond donors (Lipinski definition) is 1. The van der Waals surface area contributed by atoms with E-state index in [9.17, 15) is 4.79 Å². The molecule has 21 heavy (non-hydrogen) atoms. The van der Waals surface area contributed by atoms with Gasteiger partial charge in [-0.3, -0.25) is 9.69 Å². The summed E-state index contributed by atoms with van der Waals surface area (Å²) >= 11 is 0. The van der Waals surface area contributed by atoms with Gasteiger partial charge >= 0.3 is 0 Å². The number of aromatic nitrogens is 1. The predicted molar refractivity (Wildman–Crippen MR) is 82.1 cm³/mol. The third kappa shape index (κ3) is 2.70. The third-order valence-electron chi connectivity index (χ3n) is 4.25. The molecule has 4 nitrogen and oxygen atoms in total. The lowest BCUT2D eigenvalue weighted by atomic mass is 10.0. The molecule has 0 saturated carbocycles. The molecule has 0 bridgehead atoms. The molecule has 0 radical (unpaired) electrons. The molecule has 1 unspecified atom stereocenters. The number of carbonyl (C=O) groups excluding carboxylic acids is 1. The fourth-order valence-electron chi connectivity index (χ4n) is 3.21. The van der Waals surface area contributed by atoms with Gasteiger partial charge in [0.1, 0.15) is 0 Å². The zero-order chi connectivity index (χ0) is 14.7. The third-order valence-corrected chi connectivity index (χ3v) is 4.25. The molecule has 2 heterocycles. The van der Waals surface area contributed by atoms with Crippen molar-refractivity contribution in [1.82, 2.24) is 9.88 Å². The number of Topliss-reactive ketones (excluding diaryl/α,β-unsaturated/α-hetero) is 1. The number of nitrogens with zero attached hydrogens (tertiary/aromatic N) is 2.